The minimum absolute atomic E-state index is 0.0238. The van der Waals surface area contributed by atoms with Crippen molar-refractivity contribution >= 4 is 11.8 Å². The third-order valence-corrected chi connectivity index (χ3v) is 3.03. The molecule has 0 unspecified atom stereocenters. The first-order valence-electron chi connectivity index (χ1n) is 6.70. The molecular weight excluding hydrogens is 260 g/mol. The van der Waals surface area contributed by atoms with E-state index in [2.05, 4.69) is 0 Å². The minimum atomic E-state index is -0.308. The highest BCUT2D eigenvalue weighted by atomic mass is 16.3. The van der Waals surface area contributed by atoms with Crippen LogP contribution >= 0.6 is 0 Å². The van der Waals surface area contributed by atoms with Crippen molar-refractivity contribution in [2.24, 2.45) is 0 Å². The number of amides is 2. The molecule has 1 aromatic rings. The Hall–Kier alpha value is -1.82. The van der Waals surface area contributed by atoms with Gasteiger partial charge in [0, 0.05) is 27.2 Å². The molecule has 0 bridgehead atoms. The lowest BCUT2D eigenvalue weighted by Gasteiger charge is -2.21. The van der Waals surface area contributed by atoms with Gasteiger partial charge in [-0.3, -0.25) is 9.59 Å². The Morgan fingerprint density at radius 3 is 2.55 bits per heavy atom. The zero-order chi connectivity index (χ0) is 15.0. The molecule has 0 aliphatic rings. The summed E-state index contributed by atoms with van der Waals surface area (Å²) >= 11 is 0. The van der Waals surface area contributed by atoms with Gasteiger partial charge in [0.05, 0.1) is 12.8 Å². The highest BCUT2D eigenvalue weighted by molar-refractivity contribution is 5.93. The number of hydrogen-bond donors (Lipinski definition) is 1. The Morgan fingerprint density at radius 1 is 1.20 bits per heavy atom. The van der Waals surface area contributed by atoms with Gasteiger partial charge in [0.25, 0.3) is 5.91 Å². The maximum absolute atomic E-state index is 11.9. The van der Waals surface area contributed by atoms with E-state index < -0.39 is 0 Å². The average molecular weight is 282 g/mol. The van der Waals surface area contributed by atoms with Crippen molar-refractivity contribution in [2.75, 3.05) is 33.8 Å². The Bertz CT molecular complexity index is 417. The standard InChI is InChI=1S/C14H22N2O4/c1-15(8-4-3-5-9-17)13(18)11-16(2)14(19)12-7-6-10-20-12/h6-7,10,17H,3-5,8-9,11H2,1-2H3. The maximum atomic E-state index is 11.9. The molecule has 0 aliphatic heterocycles. The molecule has 0 aromatic carbocycles. The van der Waals surface area contributed by atoms with E-state index in [0.717, 1.165) is 19.3 Å². The lowest BCUT2D eigenvalue weighted by Crippen LogP contribution is -2.39. The number of unbranched alkanes of at least 4 members (excludes halogenated alkanes) is 2. The molecule has 1 heterocycles. The minimum Gasteiger partial charge on any atom is -0.459 e. The van der Waals surface area contributed by atoms with Crippen LogP contribution in [0.2, 0.25) is 0 Å². The smallest absolute Gasteiger partial charge is 0.289 e. The molecule has 2 amide bonds. The molecule has 6 nitrogen and oxygen atoms in total. The van der Waals surface area contributed by atoms with Gasteiger partial charge < -0.3 is 19.3 Å². The monoisotopic (exact) mass is 282 g/mol. The maximum Gasteiger partial charge on any atom is 0.289 e. The van der Waals surface area contributed by atoms with Gasteiger partial charge in [0.15, 0.2) is 5.76 Å². The van der Waals surface area contributed by atoms with E-state index in [9.17, 15) is 9.59 Å². The van der Waals surface area contributed by atoms with Crippen LogP contribution in [0, 0.1) is 0 Å². The number of likely N-dealkylation sites (N-methyl/N-ethyl adjacent to an activating group) is 2. The van der Waals surface area contributed by atoms with Gasteiger partial charge >= 0.3 is 0 Å². The molecule has 0 spiro atoms. The van der Waals surface area contributed by atoms with Crippen molar-refractivity contribution in [1.82, 2.24) is 9.80 Å². The van der Waals surface area contributed by atoms with E-state index in [1.165, 1.54) is 11.2 Å². The quantitative estimate of drug-likeness (QED) is 0.721. The molecule has 1 rings (SSSR count). The van der Waals surface area contributed by atoms with Crippen molar-refractivity contribution in [3.8, 4) is 0 Å². The van der Waals surface area contributed by atoms with Gasteiger partial charge in [-0.2, -0.15) is 0 Å². The van der Waals surface area contributed by atoms with Gasteiger partial charge in [0.2, 0.25) is 5.91 Å². The highest BCUT2D eigenvalue weighted by Crippen LogP contribution is 2.05. The molecule has 1 aromatic heterocycles. The van der Waals surface area contributed by atoms with Crippen LogP contribution in [-0.2, 0) is 4.79 Å². The number of aliphatic hydroxyl groups is 1. The Morgan fingerprint density at radius 2 is 1.95 bits per heavy atom. The molecule has 0 radical (unpaired) electrons. The number of aliphatic hydroxyl groups excluding tert-OH is 1. The largest absolute Gasteiger partial charge is 0.459 e. The average Bonchev–Trinajstić information content (AvgIpc) is 2.96. The van der Waals surface area contributed by atoms with Crippen molar-refractivity contribution in [3.63, 3.8) is 0 Å². The summed E-state index contributed by atoms with van der Waals surface area (Å²) in [4.78, 5) is 26.8. The van der Waals surface area contributed by atoms with Crippen LogP contribution in [0.25, 0.3) is 0 Å². The molecule has 0 atom stereocenters. The molecule has 6 heteroatoms. The molecule has 20 heavy (non-hydrogen) atoms. The first-order valence-corrected chi connectivity index (χ1v) is 6.70. The van der Waals surface area contributed by atoms with Crippen LogP contribution in [0.1, 0.15) is 29.8 Å². The summed E-state index contributed by atoms with van der Waals surface area (Å²) in [5.41, 5.74) is 0. The summed E-state index contributed by atoms with van der Waals surface area (Å²) in [5, 5.41) is 8.68. The molecule has 0 saturated carbocycles. The molecule has 112 valence electrons. The first-order chi connectivity index (χ1) is 9.56. The molecular formula is C14H22N2O4. The third kappa shape index (κ3) is 5.05. The number of rotatable bonds is 8. The van der Waals surface area contributed by atoms with Gasteiger partial charge in [-0.25, -0.2) is 0 Å². The molecule has 0 saturated heterocycles. The topological polar surface area (TPSA) is 74.0 Å². The van der Waals surface area contributed by atoms with E-state index in [-0.39, 0.29) is 30.7 Å². The zero-order valence-corrected chi connectivity index (χ0v) is 12.0. The Labute approximate surface area is 119 Å². The third-order valence-electron chi connectivity index (χ3n) is 3.03. The summed E-state index contributed by atoms with van der Waals surface area (Å²) in [6.45, 7) is 0.829. The number of nitrogens with zero attached hydrogens (tertiary/aromatic N) is 2. The summed E-state index contributed by atoms with van der Waals surface area (Å²) in [6, 6.07) is 3.21. The second-order valence-corrected chi connectivity index (χ2v) is 4.74. The van der Waals surface area contributed by atoms with Crippen molar-refractivity contribution in [3.05, 3.63) is 24.2 Å². The Balaban J connectivity index is 2.35. The van der Waals surface area contributed by atoms with Gasteiger partial charge in [-0.15, -0.1) is 0 Å². The molecule has 0 aliphatic carbocycles. The summed E-state index contributed by atoms with van der Waals surface area (Å²) in [6.07, 6.45) is 3.91. The van der Waals surface area contributed by atoms with Crippen LogP contribution < -0.4 is 0 Å². The van der Waals surface area contributed by atoms with Gasteiger partial charge in [-0.05, 0) is 31.4 Å². The second-order valence-electron chi connectivity index (χ2n) is 4.74. The van der Waals surface area contributed by atoms with Crippen molar-refractivity contribution in [2.45, 2.75) is 19.3 Å². The fourth-order valence-corrected chi connectivity index (χ4v) is 1.75. The zero-order valence-electron chi connectivity index (χ0n) is 12.0. The SMILES string of the molecule is CN(CCCCCO)C(=O)CN(C)C(=O)c1ccco1. The highest BCUT2D eigenvalue weighted by Gasteiger charge is 2.18. The van der Waals surface area contributed by atoms with Crippen molar-refractivity contribution < 1.29 is 19.1 Å². The van der Waals surface area contributed by atoms with Crippen LogP contribution in [0.15, 0.2) is 22.8 Å². The van der Waals surface area contributed by atoms with Crippen molar-refractivity contribution in [1.29, 1.82) is 0 Å². The van der Waals surface area contributed by atoms with Crippen LogP contribution in [0.3, 0.4) is 0 Å². The van der Waals surface area contributed by atoms with Gasteiger partial charge in [-0.1, -0.05) is 0 Å². The Kier molecular flexibility index (Phi) is 6.79. The van der Waals surface area contributed by atoms with Crippen LogP contribution in [0.4, 0.5) is 0 Å². The molecule has 0 fully saturated rings. The van der Waals surface area contributed by atoms with E-state index in [1.54, 1.807) is 31.1 Å². The molecule has 1 N–H and O–H groups in total. The van der Waals surface area contributed by atoms with Crippen LogP contribution in [-0.4, -0.2) is 60.5 Å². The number of furan rings is 1. The van der Waals surface area contributed by atoms with E-state index in [4.69, 9.17) is 9.52 Å². The number of hydrogen-bond acceptors (Lipinski definition) is 4. The lowest BCUT2D eigenvalue weighted by molar-refractivity contribution is -0.130. The summed E-state index contributed by atoms with van der Waals surface area (Å²) in [7, 11) is 3.29. The second kappa shape index (κ2) is 8.37. The predicted molar refractivity (Wildman–Crippen MR) is 74.2 cm³/mol. The fraction of sp³-hybridized carbons (Fsp3) is 0.571. The first kappa shape index (κ1) is 16.2. The summed E-state index contributed by atoms with van der Waals surface area (Å²) < 4.78 is 5.01. The normalized spacial score (nSPS) is 10.3. The van der Waals surface area contributed by atoms with Crippen LogP contribution in [0.5, 0.6) is 0 Å². The predicted octanol–water partition coefficient (Wildman–Crippen LogP) is 0.973. The summed E-state index contributed by atoms with van der Waals surface area (Å²) in [5.74, 6) is -0.195. The van der Waals surface area contributed by atoms with Gasteiger partial charge in [0.1, 0.15) is 0 Å². The fourth-order valence-electron chi connectivity index (χ4n) is 1.75. The number of carbonyl (C=O) groups excluding carboxylic acids is 2. The van der Waals surface area contributed by atoms with E-state index in [1.807, 2.05) is 0 Å². The van der Waals surface area contributed by atoms with E-state index in [0.29, 0.717) is 6.54 Å². The number of carbonyl (C=O) groups is 2. The lowest BCUT2D eigenvalue weighted by atomic mass is 10.2. The van der Waals surface area contributed by atoms with E-state index >= 15 is 0 Å².